The maximum atomic E-state index is 13.3. The van der Waals surface area contributed by atoms with Crippen LogP contribution in [0.25, 0.3) is 0 Å². The maximum Gasteiger partial charge on any atom is 0.324 e. The number of nitrogens with one attached hydrogen (secondary N) is 1. The zero-order chi connectivity index (χ0) is 15.3. The van der Waals surface area contributed by atoms with Gasteiger partial charge in [0.05, 0.1) is 18.5 Å². The van der Waals surface area contributed by atoms with Crippen molar-refractivity contribution in [1.82, 2.24) is 4.72 Å². The van der Waals surface area contributed by atoms with Crippen LogP contribution in [0.1, 0.15) is 6.42 Å². The van der Waals surface area contributed by atoms with Gasteiger partial charge in [-0.3, -0.25) is 14.9 Å². The van der Waals surface area contributed by atoms with Gasteiger partial charge in [0.2, 0.25) is 15.8 Å². The molecule has 0 fully saturated rings. The van der Waals surface area contributed by atoms with Crippen LogP contribution in [-0.2, 0) is 19.6 Å². The third-order valence-corrected chi connectivity index (χ3v) is 3.76. The molecule has 0 aliphatic heterocycles. The third kappa shape index (κ3) is 3.71. The van der Waals surface area contributed by atoms with Crippen molar-refractivity contribution in [2.45, 2.75) is 11.3 Å². The van der Waals surface area contributed by atoms with Crippen LogP contribution in [0, 0.1) is 15.9 Å². The minimum atomic E-state index is -4.30. The van der Waals surface area contributed by atoms with E-state index in [1.165, 1.54) is 0 Å². The van der Waals surface area contributed by atoms with Crippen molar-refractivity contribution in [3.8, 4) is 0 Å². The number of ether oxygens (including phenoxy) is 1. The molecule has 20 heavy (non-hydrogen) atoms. The first kappa shape index (κ1) is 16.0. The molecule has 0 aromatic heterocycles. The van der Waals surface area contributed by atoms with Crippen LogP contribution in [0.4, 0.5) is 10.1 Å². The molecule has 0 saturated carbocycles. The van der Waals surface area contributed by atoms with Crippen molar-refractivity contribution in [3.63, 3.8) is 0 Å². The van der Waals surface area contributed by atoms with Gasteiger partial charge < -0.3 is 4.74 Å². The van der Waals surface area contributed by atoms with Gasteiger partial charge in [-0.2, -0.15) is 4.39 Å². The fraction of sp³-hybridized carbons (Fsp3) is 0.300. The van der Waals surface area contributed by atoms with E-state index in [4.69, 9.17) is 0 Å². The number of methoxy groups -OCH3 is 1. The maximum absolute atomic E-state index is 13.3. The molecular formula is C10H11FN2O6S. The summed E-state index contributed by atoms with van der Waals surface area (Å²) in [6.07, 6.45) is -0.251. The minimum absolute atomic E-state index is 0.251. The molecule has 0 aliphatic rings. The fourth-order valence-electron chi connectivity index (χ4n) is 1.36. The van der Waals surface area contributed by atoms with E-state index in [0.717, 1.165) is 25.3 Å². The third-order valence-electron chi connectivity index (χ3n) is 2.27. The molecule has 0 heterocycles. The Morgan fingerprint density at radius 3 is 2.70 bits per heavy atom. The van der Waals surface area contributed by atoms with Gasteiger partial charge in [-0.15, -0.1) is 0 Å². The molecule has 0 spiro atoms. The molecule has 0 aliphatic carbocycles. The first-order valence-corrected chi connectivity index (χ1v) is 6.77. The Hall–Kier alpha value is -2.07. The van der Waals surface area contributed by atoms with Crippen molar-refractivity contribution in [2.24, 2.45) is 0 Å². The normalized spacial score (nSPS) is 11.1. The quantitative estimate of drug-likeness (QED) is 0.467. The Bertz CT molecular complexity index is 631. The van der Waals surface area contributed by atoms with E-state index in [1.54, 1.807) is 0 Å². The van der Waals surface area contributed by atoms with Crippen molar-refractivity contribution >= 4 is 21.7 Å². The first-order valence-electron chi connectivity index (χ1n) is 5.29. The monoisotopic (exact) mass is 306 g/mol. The minimum Gasteiger partial charge on any atom is -0.469 e. The summed E-state index contributed by atoms with van der Waals surface area (Å²) in [4.78, 5) is 19.6. The lowest BCUT2D eigenvalue weighted by Gasteiger charge is -2.07. The van der Waals surface area contributed by atoms with Gasteiger partial charge in [0.25, 0.3) is 0 Å². The number of carbonyl (C=O) groups excluding carboxylic acids is 1. The van der Waals surface area contributed by atoms with E-state index in [-0.39, 0.29) is 13.0 Å². The smallest absolute Gasteiger partial charge is 0.324 e. The van der Waals surface area contributed by atoms with Crippen LogP contribution < -0.4 is 4.72 Å². The Kier molecular flexibility index (Phi) is 5.11. The summed E-state index contributed by atoms with van der Waals surface area (Å²) in [7, 11) is -3.17. The van der Waals surface area contributed by atoms with Crippen molar-refractivity contribution in [3.05, 3.63) is 34.1 Å². The largest absolute Gasteiger partial charge is 0.469 e. The van der Waals surface area contributed by atoms with Gasteiger partial charge in [0, 0.05) is 6.54 Å². The lowest BCUT2D eigenvalue weighted by Crippen LogP contribution is -2.27. The average Bonchev–Trinajstić information content (AvgIpc) is 2.37. The summed E-state index contributed by atoms with van der Waals surface area (Å²) in [6.45, 7) is -0.317. The Morgan fingerprint density at radius 2 is 2.15 bits per heavy atom. The predicted octanol–water partition coefficient (Wildman–Crippen LogP) is 0.575. The average molecular weight is 306 g/mol. The second-order valence-electron chi connectivity index (χ2n) is 3.57. The molecule has 1 aromatic rings. The highest BCUT2D eigenvalue weighted by atomic mass is 32.2. The van der Waals surface area contributed by atoms with Crippen LogP contribution >= 0.6 is 0 Å². The molecule has 1 aromatic carbocycles. The zero-order valence-corrected chi connectivity index (χ0v) is 11.1. The molecular weight excluding hydrogens is 295 g/mol. The van der Waals surface area contributed by atoms with Crippen LogP contribution in [-0.4, -0.2) is 33.0 Å². The highest BCUT2D eigenvalue weighted by Crippen LogP contribution is 2.26. The van der Waals surface area contributed by atoms with E-state index in [0.29, 0.717) is 0 Å². The molecule has 0 saturated heterocycles. The SMILES string of the molecule is COC(=O)CCNS(=O)(=O)c1cccc(F)c1[N+](=O)[O-]. The number of nitro benzene ring substituents is 1. The van der Waals surface area contributed by atoms with Crippen LogP contribution in [0.5, 0.6) is 0 Å². The van der Waals surface area contributed by atoms with Gasteiger partial charge in [-0.05, 0) is 12.1 Å². The molecule has 0 amide bonds. The van der Waals surface area contributed by atoms with Crippen molar-refractivity contribution < 1.29 is 27.3 Å². The number of benzene rings is 1. The summed E-state index contributed by atoms with van der Waals surface area (Å²) in [6, 6.07) is 2.73. The second-order valence-corrected chi connectivity index (χ2v) is 5.30. The number of sulfonamides is 1. The molecule has 1 N–H and O–H groups in total. The van der Waals surface area contributed by atoms with Crippen molar-refractivity contribution in [2.75, 3.05) is 13.7 Å². The van der Waals surface area contributed by atoms with E-state index in [2.05, 4.69) is 4.74 Å². The number of hydrogen-bond donors (Lipinski definition) is 1. The molecule has 1 rings (SSSR count). The number of nitrogens with zero attached hydrogens (tertiary/aromatic N) is 1. The summed E-state index contributed by atoms with van der Waals surface area (Å²) in [5, 5.41) is 10.7. The summed E-state index contributed by atoms with van der Waals surface area (Å²) in [5.41, 5.74) is -1.14. The lowest BCUT2D eigenvalue weighted by atomic mass is 10.3. The molecule has 0 radical (unpaired) electrons. The number of para-hydroxylation sites is 1. The highest BCUT2D eigenvalue weighted by Gasteiger charge is 2.29. The lowest BCUT2D eigenvalue weighted by molar-refractivity contribution is -0.390. The molecule has 0 atom stereocenters. The van der Waals surface area contributed by atoms with E-state index >= 15 is 0 Å². The summed E-state index contributed by atoms with van der Waals surface area (Å²) < 4.78 is 43.3. The van der Waals surface area contributed by atoms with Crippen LogP contribution in [0.2, 0.25) is 0 Å². The number of hydrogen-bond acceptors (Lipinski definition) is 6. The Labute approximate surface area is 113 Å². The van der Waals surface area contributed by atoms with Gasteiger partial charge in [0.15, 0.2) is 4.90 Å². The molecule has 110 valence electrons. The van der Waals surface area contributed by atoms with Gasteiger partial charge in [0.1, 0.15) is 0 Å². The summed E-state index contributed by atoms with van der Waals surface area (Å²) in [5.74, 6) is -1.91. The van der Waals surface area contributed by atoms with Crippen molar-refractivity contribution in [1.29, 1.82) is 0 Å². The standard InChI is InChI=1S/C10H11FN2O6S/c1-19-9(14)5-6-12-20(17,18)8-4-2-3-7(11)10(8)13(15)16/h2-4,12H,5-6H2,1H3. The molecule has 10 heteroatoms. The van der Waals surface area contributed by atoms with E-state index in [9.17, 15) is 27.7 Å². The van der Waals surface area contributed by atoms with Crippen LogP contribution in [0.15, 0.2) is 23.1 Å². The van der Waals surface area contributed by atoms with E-state index in [1.807, 2.05) is 4.72 Å². The molecule has 0 unspecified atom stereocenters. The Balaban J connectivity index is 3.02. The number of esters is 1. The Morgan fingerprint density at radius 1 is 1.50 bits per heavy atom. The second kappa shape index (κ2) is 6.39. The van der Waals surface area contributed by atoms with Gasteiger partial charge in [-0.25, -0.2) is 13.1 Å². The molecule has 0 bridgehead atoms. The number of halogens is 1. The van der Waals surface area contributed by atoms with Gasteiger partial charge >= 0.3 is 11.7 Å². The zero-order valence-electron chi connectivity index (χ0n) is 10.3. The topological polar surface area (TPSA) is 116 Å². The predicted molar refractivity (Wildman–Crippen MR) is 64.9 cm³/mol. The first-order chi connectivity index (χ1) is 9.29. The van der Waals surface area contributed by atoms with E-state index < -0.39 is 37.3 Å². The number of rotatable bonds is 6. The number of nitro groups is 1. The highest BCUT2D eigenvalue weighted by molar-refractivity contribution is 7.89. The fourth-order valence-corrected chi connectivity index (χ4v) is 2.57. The number of carbonyl (C=O) groups is 1. The summed E-state index contributed by atoms with van der Waals surface area (Å²) >= 11 is 0. The van der Waals surface area contributed by atoms with Gasteiger partial charge in [-0.1, -0.05) is 6.07 Å². The molecule has 8 nitrogen and oxygen atoms in total. The van der Waals surface area contributed by atoms with Crippen LogP contribution in [0.3, 0.4) is 0 Å².